The van der Waals surface area contributed by atoms with Crippen LogP contribution in [0.15, 0.2) is 76.2 Å². The fourth-order valence-electron chi connectivity index (χ4n) is 2.41. The van der Waals surface area contributed by atoms with Gasteiger partial charge in [-0.05, 0) is 48.5 Å². The van der Waals surface area contributed by atoms with Crippen molar-refractivity contribution < 1.29 is 13.7 Å². The van der Waals surface area contributed by atoms with Crippen molar-refractivity contribution in [3.05, 3.63) is 88.7 Å². The van der Waals surface area contributed by atoms with Gasteiger partial charge in [-0.25, -0.2) is 4.21 Å². The lowest BCUT2D eigenvalue weighted by Crippen LogP contribution is -2.04. The second kappa shape index (κ2) is 8.91. The van der Waals surface area contributed by atoms with E-state index < -0.39 is 15.6 Å². The second-order valence-electron chi connectivity index (χ2n) is 6.10. The first-order valence-electron chi connectivity index (χ1n) is 8.50. The Labute approximate surface area is 174 Å². The van der Waals surface area contributed by atoms with Crippen molar-refractivity contribution in [1.29, 1.82) is 0 Å². The predicted molar refractivity (Wildman–Crippen MR) is 114 cm³/mol. The number of benzene rings is 2. The molecule has 0 saturated heterocycles. The number of hydrogen-bond donors (Lipinski definition) is 0. The molecule has 0 radical (unpaired) electrons. The predicted octanol–water partition coefficient (Wildman–Crippen LogP) is 4.44. The molecule has 0 aliphatic heterocycles. The number of pyridine rings is 1. The van der Waals surface area contributed by atoms with Crippen molar-refractivity contribution in [3.8, 4) is 17.6 Å². The van der Waals surface area contributed by atoms with Crippen LogP contribution in [0.5, 0.6) is 5.75 Å². The summed E-state index contributed by atoms with van der Waals surface area (Å²) in [4.78, 5) is 17.0. The van der Waals surface area contributed by atoms with E-state index in [0.29, 0.717) is 15.5 Å². The molecule has 3 rings (SSSR count). The number of aromatic nitrogens is 1. The number of rotatable bonds is 3. The molecule has 1 aromatic heterocycles. The summed E-state index contributed by atoms with van der Waals surface area (Å²) >= 11 is 5.94. The van der Waals surface area contributed by atoms with Crippen LogP contribution in [-0.2, 0) is 9.73 Å². The van der Waals surface area contributed by atoms with Gasteiger partial charge in [0.1, 0.15) is 5.75 Å². The molecule has 1 unspecified atom stereocenters. The van der Waals surface area contributed by atoms with Crippen molar-refractivity contribution in [1.82, 2.24) is 4.98 Å². The van der Waals surface area contributed by atoms with Crippen LogP contribution in [0, 0.1) is 11.8 Å². The highest BCUT2D eigenvalue weighted by Gasteiger charge is 2.12. The molecule has 0 spiro atoms. The van der Waals surface area contributed by atoms with Crippen LogP contribution >= 0.6 is 11.6 Å². The van der Waals surface area contributed by atoms with E-state index in [1.165, 1.54) is 18.5 Å². The molecule has 0 aliphatic rings. The molecule has 0 bridgehead atoms. The number of carbonyl (C=O) groups is 1. The molecule has 1 atom stereocenters. The summed E-state index contributed by atoms with van der Waals surface area (Å²) in [7, 11) is -1.34. The zero-order valence-corrected chi connectivity index (χ0v) is 17.3. The summed E-state index contributed by atoms with van der Waals surface area (Å²) in [5.74, 6) is 6.08. The van der Waals surface area contributed by atoms with Gasteiger partial charge in [-0.15, -0.1) is 0 Å². The molecule has 29 heavy (non-hydrogen) atoms. The Hall–Kier alpha value is -3.14. The highest BCUT2D eigenvalue weighted by atomic mass is 35.5. The molecule has 3 aromatic rings. The molecule has 2 aromatic carbocycles. The SMILES string of the molecule is COc1ccc(C#Cc2cncc(C(=O)N=S(C)(=O)c3cccc(Cl)c3)c2)cc1. The van der Waals surface area contributed by atoms with E-state index in [4.69, 9.17) is 16.3 Å². The van der Waals surface area contributed by atoms with Crippen molar-refractivity contribution in [3.63, 3.8) is 0 Å². The maximum absolute atomic E-state index is 12.9. The maximum Gasteiger partial charge on any atom is 0.286 e. The van der Waals surface area contributed by atoms with Crippen LogP contribution in [0.25, 0.3) is 0 Å². The fraction of sp³-hybridized carbons (Fsp3) is 0.0909. The minimum atomic E-state index is -2.94. The van der Waals surface area contributed by atoms with Crippen LogP contribution in [0.3, 0.4) is 0 Å². The van der Waals surface area contributed by atoms with E-state index in [0.717, 1.165) is 11.3 Å². The smallest absolute Gasteiger partial charge is 0.286 e. The van der Waals surface area contributed by atoms with Gasteiger partial charge in [-0.1, -0.05) is 29.5 Å². The molecule has 1 amide bonds. The Morgan fingerprint density at radius 3 is 2.48 bits per heavy atom. The third-order valence-electron chi connectivity index (χ3n) is 3.92. The van der Waals surface area contributed by atoms with Gasteiger partial charge in [0.05, 0.1) is 22.4 Å². The van der Waals surface area contributed by atoms with Gasteiger partial charge in [-0.3, -0.25) is 9.78 Å². The second-order valence-corrected chi connectivity index (χ2v) is 8.79. The number of hydrogen-bond acceptors (Lipinski definition) is 4. The molecule has 0 fully saturated rings. The Bertz CT molecular complexity index is 1230. The molecule has 5 nitrogen and oxygen atoms in total. The third-order valence-corrected chi connectivity index (χ3v) is 5.79. The molecule has 0 aliphatic carbocycles. The number of methoxy groups -OCH3 is 1. The molecule has 1 heterocycles. The van der Waals surface area contributed by atoms with Crippen LogP contribution in [0.2, 0.25) is 5.02 Å². The number of amides is 1. The summed E-state index contributed by atoms with van der Waals surface area (Å²) < 4.78 is 21.9. The maximum atomic E-state index is 12.9. The standard InChI is InChI=1S/C22H17ClN2O3S/c1-28-20-10-8-16(9-11-20)6-7-17-12-18(15-24-14-17)22(26)25-29(2,27)21-5-3-4-19(23)13-21/h3-5,8-15H,1-2H3. The summed E-state index contributed by atoms with van der Waals surface area (Å²) in [5.41, 5.74) is 1.56. The number of ether oxygens (including phenoxy) is 1. The van der Waals surface area contributed by atoms with Crippen molar-refractivity contribution >= 4 is 27.2 Å². The molecule has 7 heteroatoms. The van der Waals surface area contributed by atoms with Crippen molar-refractivity contribution in [2.24, 2.45) is 4.36 Å². The van der Waals surface area contributed by atoms with E-state index in [2.05, 4.69) is 21.2 Å². The first-order chi connectivity index (χ1) is 13.9. The van der Waals surface area contributed by atoms with E-state index in [-0.39, 0.29) is 5.56 Å². The molecule has 0 N–H and O–H groups in total. The minimum Gasteiger partial charge on any atom is -0.497 e. The summed E-state index contributed by atoms with van der Waals surface area (Å²) in [6.07, 6.45) is 4.32. The summed E-state index contributed by atoms with van der Waals surface area (Å²) in [5, 5.41) is 0.428. The normalized spacial score (nSPS) is 12.2. The number of halogens is 1. The van der Waals surface area contributed by atoms with Gasteiger partial charge in [0.25, 0.3) is 5.91 Å². The number of nitrogens with zero attached hydrogens (tertiary/aromatic N) is 2. The van der Waals surface area contributed by atoms with E-state index >= 15 is 0 Å². The Kier molecular flexibility index (Phi) is 6.32. The molecular weight excluding hydrogens is 408 g/mol. The quantitative estimate of drug-likeness (QED) is 0.583. The molecule has 146 valence electrons. The Morgan fingerprint density at radius 2 is 1.79 bits per heavy atom. The number of carbonyl (C=O) groups excluding carboxylic acids is 1. The zero-order chi connectivity index (χ0) is 20.9. The monoisotopic (exact) mass is 424 g/mol. The van der Waals surface area contributed by atoms with Crippen LogP contribution < -0.4 is 4.74 Å². The Morgan fingerprint density at radius 1 is 1.07 bits per heavy atom. The molecular formula is C22H17ClN2O3S. The van der Waals surface area contributed by atoms with E-state index in [1.54, 1.807) is 37.6 Å². The lowest BCUT2D eigenvalue weighted by Gasteiger charge is -2.04. The van der Waals surface area contributed by atoms with E-state index in [1.807, 2.05) is 24.3 Å². The minimum absolute atomic E-state index is 0.211. The van der Waals surface area contributed by atoms with Gasteiger partial charge in [-0.2, -0.15) is 4.36 Å². The van der Waals surface area contributed by atoms with Gasteiger partial charge in [0, 0.05) is 39.7 Å². The van der Waals surface area contributed by atoms with Crippen LogP contribution in [-0.4, -0.2) is 28.5 Å². The highest BCUT2D eigenvalue weighted by molar-refractivity contribution is 7.93. The fourth-order valence-corrected chi connectivity index (χ4v) is 3.87. The molecule has 0 saturated carbocycles. The summed E-state index contributed by atoms with van der Waals surface area (Å²) in [6.45, 7) is 0. The van der Waals surface area contributed by atoms with Gasteiger partial charge >= 0.3 is 0 Å². The van der Waals surface area contributed by atoms with Gasteiger partial charge in [0.2, 0.25) is 0 Å². The first-order valence-corrected chi connectivity index (χ1v) is 10.8. The summed E-state index contributed by atoms with van der Waals surface area (Å²) in [6, 6.07) is 15.4. The largest absolute Gasteiger partial charge is 0.497 e. The first kappa shape index (κ1) is 20.6. The van der Waals surface area contributed by atoms with Crippen LogP contribution in [0.4, 0.5) is 0 Å². The van der Waals surface area contributed by atoms with E-state index in [9.17, 15) is 9.00 Å². The lowest BCUT2D eigenvalue weighted by molar-refractivity contribution is 0.100. The van der Waals surface area contributed by atoms with Crippen LogP contribution in [0.1, 0.15) is 21.5 Å². The topological polar surface area (TPSA) is 68.6 Å². The van der Waals surface area contributed by atoms with Gasteiger partial charge in [0.15, 0.2) is 0 Å². The zero-order valence-electron chi connectivity index (χ0n) is 15.8. The van der Waals surface area contributed by atoms with Crippen molar-refractivity contribution in [2.45, 2.75) is 4.90 Å². The third kappa shape index (κ3) is 5.44. The average molecular weight is 425 g/mol. The lowest BCUT2D eigenvalue weighted by atomic mass is 10.1. The van der Waals surface area contributed by atoms with Gasteiger partial charge < -0.3 is 4.74 Å². The van der Waals surface area contributed by atoms with Crippen molar-refractivity contribution in [2.75, 3.05) is 13.4 Å². The Balaban J connectivity index is 1.86. The highest BCUT2D eigenvalue weighted by Crippen LogP contribution is 2.18. The average Bonchev–Trinajstić information content (AvgIpc) is 2.72.